The van der Waals surface area contributed by atoms with Crippen molar-refractivity contribution >= 4 is 10.9 Å². The third-order valence-electron chi connectivity index (χ3n) is 5.20. The van der Waals surface area contributed by atoms with Crippen LogP contribution in [0.5, 0.6) is 0 Å². The molecule has 0 radical (unpaired) electrons. The van der Waals surface area contributed by atoms with E-state index in [4.69, 9.17) is 5.73 Å². The first kappa shape index (κ1) is 17.8. The van der Waals surface area contributed by atoms with Gasteiger partial charge in [-0.2, -0.15) is 0 Å². The highest BCUT2D eigenvalue weighted by atomic mass is 16.1. The predicted octanol–water partition coefficient (Wildman–Crippen LogP) is 1.37. The first-order valence-corrected chi connectivity index (χ1v) is 9.39. The van der Waals surface area contributed by atoms with Crippen LogP contribution in [-0.2, 0) is 19.6 Å². The normalized spacial score (nSPS) is 19.6. The molecule has 1 aromatic carbocycles. The Morgan fingerprint density at radius 1 is 1.26 bits per heavy atom. The van der Waals surface area contributed by atoms with Gasteiger partial charge in [0.2, 0.25) is 0 Å². The van der Waals surface area contributed by atoms with Crippen LogP contribution < -0.4 is 11.3 Å². The lowest BCUT2D eigenvalue weighted by Gasteiger charge is -2.31. The summed E-state index contributed by atoms with van der Waals surface area (Å²) < 4.78 is 2.18. The molecule has 0 aliphatic heterocycles. The molecule has 3 N–H and O–H groups in total. The monoisotopic (exact) mass is 367 g/mol. The molecule has 0 atom stereocenters. The second-order valence-corrected chi connectivity index (χ2v) is 7.35. The van der Waals surface area contributed by atoms with E-state index in [1.165, 1.54) is 0 Å². The van der Waals surface area contributed by atoms with Crippen LogP contribution in [0.15, 0.2) is 29.1 Å². The van der Waals surface area contributed by atoms with Gasteiger partial charge >= 0.3 is 0 Å². The summed E-state index contributed by atoms with van der Waals surface area (Å²) in [7, 11) is 1.99. The Hall–Kier alpha value is -2.58. The van der Waals surface area contributed by atoms with Crippen molar-refractivity contribution in [3.8, 4) is 0 Å². The first-order valence-electron chi connectivity index (χ1n) is 9.39. The van der Waals surface area contributed by atoms with E-state index in [2.05, 4.69) is 36.6 Å². The Bertz CT molecular complexity index is 1000. The maximum Gasteiger partial charge on any atom is 0.258 e. The van der Waals surface area contributed by atoms with E-state index >= 15 is 0 Å². The van der Waals surface area contributed by atoms with E-state index in [1.807, 2.05) is 25.2 Å². The van der Waals surface area contributed by atoms with Gasteiger partial charge in [-0.25, -0.2) is 4.98 Å². The number of hydrogen-bond donors (Lipinski definition) is 2. The maximum atomic E-state index is 12.2. The lowest BCUT2D eigenvalue weighted by Crippen LogP contribution is -2.36. The van der Waals surface area contributed by atoms with Crippen LogP contribution in [0.4, 0.5) is 0 Å². The van der Waals surface area contributed by atoms with Crippen molar-refractivity contribution in [2.75, 3.05) is 7.05 Å². The number of nitrogens with two attached hydrogens (primary N) is 1. The molecule has 8 heteroatoms. The highest BCUT2D eigenvalue weighted by Crippen LogP contribution is 2.34. The van der Waals surface area contributed by atoms with E-state index in [9.17, 15) is 4.79 Å². The second-order valence-electron chi connectivity index (χ2n) is 7.35. The van der Waals surface area contributed by atoms with Gasteiger partial charge in [-0.05, 0) is 38.9 Å². The van der Waals surface area contributed by atoms with Crippen molar-refractivity contribution in [2.45, 2.75) is 51.4 Å². The molecule has 0 amide bonds. The zero-order valence-corrected chi connectivity index (χ0v) is 15.7. The average Bonchev–Trinajstić information content (AvgIpc) is 3.01. The second kappa shape index (κ2) is 7.21. The minimum Gasteiger partial charge on any atom is -0.328 e. The van der Waals surface area contributed by atoms with E-state index in [-0.39, 0.29) is 5.56 Å². The number of hydrogen-bond acceptors (Lipinski definition) is 6. The van der Waals surface area contributed by atoms with E-state index in [0.717, 1.165) is 31.0 Å². The number of para-hydroxylation sites is 1. The molecule has 2 aromatic heterocycles. The van der Waals surface area contributed by atoms with Crippen LogP contribution >= 0.6 is 0 Å². The minimum atomic E-state index is -0.107. The topological polar surface area (TPSA) is 106 Å². The SMILES string of the molecule is CCn1c(CN(C)Cc2nc3ccccc3c(=O)[nH]2)nnc1C1CC(N)C1. The molecule has 142 valence electrons. The van der Waals surface area contributed by atoms with Gasteiger partial charge in [0, 0.05) is 18.5 Å². The fourth-order valence-electron chi connectivity index (χ4n) is 3.75. The number of aromatic amines is 1. The Labute approximate surface area is 157 Å². The molecule has 1 aliphatic carbocycles. The fourth-order valence-corrected chi connectivity index (χ4v) is 3.75. The van der Waals surface area contributed by atoms with E-state index in [1.54, 1.807) is 6.07 Å². The molecule has 3 aromatic rings. The van der Waals surface area contributed by atoms with Crippen molar-refractivity contribution in [3.63, 3.8) is 0 Å². The van der Waals surface area contributed by atoms with Gasteiger partial charge < -0.3 is 15.3 Å². The average molecular weight is 367 g/mol. The van der Waals surface area contributed by atoms with Gasteiger partial charge in [-0.1, -0.05) is 12.1 Å². The fraction of sp³-hybridized carbons (Fsp3) is 0.474. The molecule has 0 bridgehead atoms. The molecule has 0 spiro atoms. The molecule has 0 unspecified atom stereocenters. The number of nitrogens with one attached hydrogen (secondary N) is 1. The summed E-state index contributed by atoms with van der Waals surface area (Å²) in [6.07, 6.45) is 1.96. The molecule has 27 heavy (non-hydrogen) atoms. The summed E-state index contributed by atoms with van der Waals surface area (Å²) >= 11 is 0. The standard InChI is InChI=1S/C19H25N7O/c1-3-26-17(23-24-18(26)12-8-13(20)9-12)11-25(2)10-16-21-15-7-5-4-6-14(15)19(27)22-16/h4-7,12-13H,3,8-11,20H2,1-2H3,(H,21,22,27). The van der Waals surface area contributed by atoms with Gasteiger partial charge in [0.1, 0.15) is 17.5 Å². The summed E-state index contributed by atoms with van der Waals surface area (Å²) in [5.41, 5.74) is 6.53. The Morgan fingerprint density at radius 2 is 2.04 bits per heavy atom. The zero-order valence-electron chi connectivity index (χ0n) is 15.7. The van der Waals surface area contributed by atoms with Gasteiger partial charge in [-0.15, -0.1) is 10.2 Å². The summed E-state index contributed by atoms with van der Waals surface area (Å²) in [6.45, 7) is 4.11. The molecule has 8 nitrogen and oxygen atoms in total. The molecule has 2 heterocycles. The minimum absolute atomic E-state index is 0.107. The Kier molecular flexibility index (Phi) is 4.75. The van der Waals surface area contributed by atoms with Gasteiger partial charge in [-0.3, -0.25) is 9.69 Å². The van der Waals surface area contributed by atoms with Gasteiger partial charge in [0.25, 0.3) is 5.56 Å². The molecule has 1 fully saturated rings. The van der Waals surface area contributed by atoms with Crippen molar-refractivity contribution in [2.24, 2.45) is 5.73 Å². The quantitative estimate of drug-likeness (QED) is 0.682. The van der Waals surface area contributed by atoms with Gasteiger partial charge in [0.05, 0.1) is 24.0 Å². The summed E-state index contributed by atoms with van der Waals surface area (Å²) in [5.74, 6) is 3.04. The van der Waals surface area contributed by atoms with Crippen molar-refractivity contribution in [3.05, 3.63) is 52.1 Å². The number of rotatable bonds is 6. The molecule has 1 aliphatic rings. The van der Waals surface area contributed by atoms with Crippen LogP contribution in [0.2, 0.25) is 0 Å². The summed E-state index contributed by atoms with van der Waals surface area (Å²) in [4.78, 5) is 21.8. The number of nitrogens with zero attached hydrogens (tertiary/aromatic N) is 5. The summed E-state index contributed by atoms with van der Waals surface area (Å²) in [6, 6.07) is 7.66. The number of benzene rings is 1. The Morgan fingerprint density at radius 3 is 2.78 bits per heavy atom. The van der Waals surface area contributed by atoms with Crippen LogP contribution in [0.1, 0.15) is 43.2 Å². The third kappa shape index (κ3) is 3.50. The molecule has 4 rings (SSSR count). The van der Waals surface area contributed by atoms with E-state index < -0.39 is 0 Å². The smallest absolute Gasteiger partial charge is 0.258 e. The molecular weight excluding hydrogens is 342 g/mol. The number of H-pyrrole nitrogens is 1. The van der Waals surface area contributed by atoms with Crippen LogP contribution in [-0.4, -0.2) is 42.7 Å². The molecule has 1 saturated carbocycles. The first-order chi connectivity index (χ1) is 13.0. The highest BCUT2D eigenvalue weighted by Gasteiger charge is 2.32. The van der Waals surface area contributed by atoms with Crippen LogP contribution in [0.25, 0.3) is 10.9 Å². The predicted molar refractivity (Wildman–Crippen MR) is 103 cm³/mol. The Balaban J connectivity index is 1.50. The molecular formula is C19H25N7O. The van der Waals surface area contributed by atoms with E-state index in [0.29, 0.717) is 41.8 Å². The lowest BCUT2D eigenvalue weighted by atomic mass is 9.80. The maximum absolute atomic E-state index is 12.2. The summed E-state index contributed by atoms with van der Waals surface area (Å²) in [5, 5.41) is 9.43. The lowest BCUT2D eigenvalue weighted by molar-refractivity contribution is 0.293. The van der Waals surface area contributed by atoms with Crippen molar-refractivity contribution < 1.29 is 0 Å². The highest BCUT2D eigenvalue weighted by molar-refractivity contribution is 5.77. The van der Waals surface area contributed by atoms with Gasteiger partial charge in [0.15, 0.2) is 0 Å². The zero-order chi connectivity index (χ0) is 19.0. The number of aromatic nitrogens is 5. The van der Waals surface area contributed by atoms with Crippen LogP contribution in [0, 0.1) is 0 Å². The largest absolute Gasteiger partial charge is 0.328 e. The number of fused-ring (bicyclic) bond motifs is 1. The molecule has 0 saturated heterocycles. The van der Waals surface area contributed by atoms with Crippen LogP contribution in [0.3, 0.4) is 0 Å². The van der Waals surface area contributed by atoms with Crippen molar-refractivity contribution in [1.29, 1.82) is 0 Å². The third-order valence-corrected chi connectivity index (χ3v) is 5.20. The van der Waals surface area contributed by atoms with Crippen molar-refractivity contribution in [1.82, 2.24) is 29.6 Å².